The molecule has 1 aromatic rings. The van der Waals surface area contributed by atoms with Crippen LogP contribution in [0.3, 0.4) is 0 Å². The summed E-state index contributed by atoms with van der Waals surface area (Å²) in [7, 11) is 4.18. The average molecular weight is 261 g/mol. The van der Waals surface area contributed by atoms with Crippen LogP contribution in [0.4, 0.5) is 5.69 Å². The van der Waals surface area contributed by atoms with Crippen LogP contribution in [0.15, 0.2) is 12.1 Å². The number of aromatic nitrogens is 1. The van der Waals surface area contributed by atoms with Gasteiger partial charge in [-0.1, -0.05) is 0 Å². The molecule has 0 saturated carbocycles. The Hall–Kier alpha value is -1.09. The number of rotatable bonds is 2. The summed E-state index contributed by atoms with van der Waals surface area (Å²) < 4.78 is 0. The molecule has 0 radical (unpaired) electrons. The number of pyridine rings is 1. The molecule has 1 atom stereocenters. The summed E-state index contributed by atoms with van der Waals surface area (Å²) in [5.74, 6) is 0. The summed E-state index contributed by atoms with van der Waals surface area (Å²) >= 11 is 0. The van der Waals surface area contributed by atoms with E-state index in [-0.39, 0.29) is 5.54 Å². The van der Waals surface area contributed by atoms with E-state index in [1.54, 1.807) is 0 Å². The van der Waals surface area contributed by atoms with Gasteiger partial charge in [0.25, 0.3) is 0 Å². The maximum Gasteiger partial charge on any atom is 0.0599 e. The first-order valence-corrected chi connectivity index (χ1v) is 7.21. The SMILES string of the molecule is Cc1cc(N(C)C)cc(C2CCCN2C(C)(C)C)n1. The van der Waals surface area contributed by atoms with Gasteiger partial charge >= 0.3 is 0 Å². The van der Waals surface area contributed by atoms with Gasteiger partial charge in [-0.3, -0.25) is 9.88 Å². The second-order valence-corrected chi connectivity index (χ2v) is 6.81. The van der Waals surface area contributed by atoms with E-state index < -0.39 is 0 Å². The third-order valence-corrected chi connectivity index (χ3v) is 3.93. The molecule has 3 heteroatoms. The predicted molar refractivity (Wildman–Crippen MR) is 81.7 cm³/mol. The van der Waals surface area contributed by atoms with Crippen molar-refractivity contribution in [1.82, 2.24) is 9.88 Å². The Morgan fingerprint density at radius 1 is 1.26 bits per heavy atom. The number of hydrogen-bond acceptors (Lipinski definition) is 3. The second-order valence-electron chi connectivity index (χ2n) is 6.81. The first-order chi connectivity index (χ1) is 8.79. The Morgan fingerprint density at radius 2 is 1.95 bits per heavy atom. The van der Waals surface area contributed by atoms with Gasteiger partial charge in [-0.15, -0.1) is 0 Å². The summed E-state index contributed by atoms with van der Waals surface area (Å²) in [5, 5.41) is 0. The molecule has 1 aromatic heterocycles. The Kier molecular flexibility index (Phi) is 3.86. The highest BCUT2D eigenvalue weighted by molar-refractivity contribution is 5.47. The number of aryl methyl sites for hydroxylation is 1. The van der Waals surface area contributed by atoms with Gasteiger partial charge in [-0.05, 0) is 59.2 Å². The van der Waals surface area contributed by atoms with E-state index in [0.717, 1.165) is 5.69 Å². The summed E-state index contributed by atoms with van der Waals surface area (Å²) in [4.78, 5) is 9.55. The summed E-state index contributed by atoms with van der Waals surface area (Å²) in [5.41, 5.74) is 3.81. The lowest BCUT2D eigenvalue weighted by Crippen LogP contribution is -2.40. The number of likely N-dealkylation sites (tertiary alicyclic amines) is 1. The maximum atomic E-state index is 4.79. The highest BCUT2D eigenvalue weighted by Gasteiger charge is 2.34. The fourth-order valence-electron chi connectivity index (χ4n) is 2.98. The number of nitrogens with zero attached hydrogens (tertiary/aromatic N) is 3. The van der Waals surface area contributed by atoms with Crippen LogP contribution >= 0.6 is 0 Å². The molecule has 0 aliphatic carbocycles. The highest BCUT2D eigenvalue weighted by Crippen LogP contribution is 2.37. The molecule has 106 valence electrons. The minimum Gasteiger partial charge on any atom is -0.378 e. The third-order valence-electron chi connectivity index (χ3n) is 3.93. The summed E-state index contributed by atoms with van der Waals surface area (Å²) in [6.07, 6.45) is 2.50. The molecule has 1 aliphatic heterocycles. The molecule has 0 N–H and O–H groups in total. The number of hydrogen-bond donors (Lipinski definition) is 0. The van der Waals surface area contributed by atoms with E-state index >= 15 is 0 Å². The fourth-order valence-corrected chi connectivity index (χ4v) is 2.98. The minimum absolute atomic E-state index is 0.213. The van der Waals surface area contributed by atoms with Gasteiger partial charge in [0.15, 0.2) is 0 Å². The predicted octanol–water partition coefficient (Wildman–Crippen LogP) is 3.39. The molecule has 3 nitrogen and oxygen atoms in total. The molecule has 0 amide bonds. The molecular weight excluding hydrogens is 234 g/mol. The first kappa shape index (κ1) is 14.3. The van der Waals surface area contributed by atoms with Gasteiger partial charge in [0.2, 0.25) is 0 Å². The van der Waals surface area contributed by atoms with Gasteiger partial charge in [0.05, 0.1) is 11.7 Å². The molecule has 2 rings (SSSR count). The molecule has 0 aromatic carbocycles. The van der Waals surface area contributed by atoms with Crippen LogP contribution in [0.25, 0.3) is 0 Å². The normalized spacial score (nSPS) is 20.8. The number of anilines is 1. The van der Waals surface area contributed by atoms with Crippen LogP contribution in [-0.4, -0.2) is 36.1 Å². The lowest BCUT2D eigenvalue weighted by atomic mass is 10.0. The second kappa shape index (κ2) is 5.12. The van der Waals surface area contributed by atoms with Gasteiger partial charge in [0.1, 0.15) is 0 Å². The van der Waals surface area contributed by atoms with E-state index in [4.69, 9.17) is 4.98 Å². The summed E-state index contributed by atoms with van der Waals surface area (Å²) in [6.45, 7) is 10.2. The molecule has 0 spiro atoms. The molecular formula is C16H27N3. The zero-order valence-corrected chi connectivity index (χ0v) is 13.2. The van der Waals surface area contributed by atoms with Crippen LogP contribution in [0.2, 0.25) is 0 Å². The molecule has 19 heavy (non-hydrogen) atoms. The Balaban J connectivity index is 2.35. The van der Waals surface area contributed by atoms with Crippen molar-refractivity contribution in [3.05, 3.63) is 23.5 Å². The topological polar surface area (TPSA) is 19.4 Å². The Labute approximate surface area is 117 Å². The molecule has 0 bridgehead atoms. The van der Waals surface area contributed by atoms with Crippen molar-refractivity contribution in [1.29, 1.82) is 0 Å². The zero-order valence-electron chi connectivity index (χ0n) is 13.2. The van der Waals surface area contributed by atoms with Crippen LogP contribution in [0.5, 0.6) is 0 Å². The minimum atomic E-state index is 0.213. The molecule has 1 unspecified atom stereocenters. The molecule has 2 heterocycles. The monoisotopic (exact) mass is 261 g/mol. The highest BCUT2D eigenvalue weighted by atomic mass is 15.2. The maximum absolute atomic E-state index is 4.79. The van der Waals surface area contributed by atoms with Crippen LogP contribution < -0.4 is 4.90 Å². The Morgan fingerprint density at radius 3 is 2.53 bits per heavy atom. The van der Waals surface area contributed by atoms with Gasteiger partial charge in [-0.25, -0.2) is 0 Å². The van der Waals surface area contributed by atoms with Gasteiger partial charge in [0, 0.05) is 31.0 Å². The van der Waals surface area contributed by atoms with Gasteiger partial charge < -0.3 is 4.90 Å². The van der Waals surface area contributed by atoms with Crippen molar-refractivity contribution in [3.8, 4) is 0 Å². The van der Waals surface area contributed by atoms with Crippen molar-refractivity contribution in [2.24, 2.45) is 0 Å². The van der Waals surface area contributed by atoms with E-state index in [9.17, 15) is 0 Å². The average Bonchev–Trinajstić information content (AvgIpc) is 2.76. The van der Waals surface area contributed by atoms with Crippen molar-refractivity contribution in [3.63, 3.8) is 0 Å². The van der Waals surface area contributed by atoms with Crippen molar-refractivity contribution in [2.45, 2.75) is 52.1 Å². The fraction of sp³-hybridized carbons (Fsp3) is 0.688. The third kappa shape index (κ3) is 3.08. The molecule has 1 aliphatic rings. The zero-order chi connectivity index (χ0) is 14.2. The van der Waals surface area contributed by atoms with E-state index in [0.29, 0.717) is 6.04 Å². The lowest BCUT2D eigenvalue weighted by Gasteiger charge is -2.37. The standard InChI is InChI=1S/C16H27N3/c1-12-10-13(18(5)6)11-14(17-12)15-8-7-9-19(15)16(2,3)4/h10-11,15H,7-9H2,1-6H3. The lowest BCUT2D eigenvalue weighted by molar-refractivity contribution is 0.119. The van der Waals surface area contributed by atoms with Crippen molar-refractivity contribution in [2.75, 3.05) is 25.5 Å². The van der Waals surface area contributed by atoms with E-state index in [1.165, 1.54) is 30.8 Å². The van der Waals surface area contributed by atoms with Crippen LogP contribution in [0.1, 0.15) is 51.0 Å². The first-order valence-electron chi connectivity index (χ1n) is 7.21. The quantitative estimate of drug-likeness (QED) is 0.813. The van der Waals surface area contributed by atoms with Crippen LogP contribution in [-0.2, 0) is 0 Å². The molecule has 1 saturated heterocycles. The van der Waals surface area contributed by atoms with E-state index in [1.807, 2.05) is 0 Å². The summed E-state index contributed by atoms with van der Waals surface area (Å²) in [6, 6.07) is 4.88. The van der Waals surface area contributed by atoms with E-state index in [2.05, 4.69) is 63.7 Å². The largest absolute Gasteiger partial charge is 0.378 e. The Bertz CT molecular complexity index is 446. The smallest absolute Gasteiger partial charge is 0.0599 e. The van der Waals surface area contributed by atoms with Crippen molar-refractivity contribution < 1.29 is 0 Å². The van der Waals surface area contributed by atoms with Crippen molar-refractivity contribution >= 4 is 5.69 Å². The van der Waals surface area contributed by atoms with Crippen LogP contribution in [0, 0.1) is 6.92 Å². The van der Waals surface area contributed by atoms with Gasteiger partial charge in [-0.2, -0.15) is 0 Å². The molecule has 1 fully saturated rings.